The van der Waals surface area contributed by atoms with E-state index < -0.39 is 0 Å². The molecule has 0 saturated carbocycles. The zero-order chi connectivity index (χ0) is 12.4. The lowest BCUT2D eigenvalue weighted by Gasteiger charge is -1.99. The second-order valence-electron chi connectivity index (χ2n) is 4.19. The first-order chi connectivity index (χ1) is 8.86. The summed E-state index contributed by atoms with van der Waals surface area (Å²) in [6.07, 6.45) is 1.10. The third kappa shape index (κ3) is 2.26. The monoisotopic (exact) mass is 270 g/mol. The highest BCUT2D eigenvalue weighted by atomic mass is 32.1. The molecule has 0 radical (unpaired) electrons. The lowest BCUT2D eigenvalue weighted by atomic mass is 10.1. The minimum Gasteiger partial charge on any atom is -0.143 e. The summed E-state index contributed by atoms with van der Waals surface area (Å²) in [5.41, 5.74) is 2.72. The molecule has 0 nitrogen and oxygen atoms in total. The van der Waals surface area contributed by atoms with Crippen LogP contribution in [0.15, 0.2) is 53.9 Å². The molecule has 0 spiro atoms. The molecule has 2 aromatic heterocycles. The van der Waals surface area contributed by atoms with Gasteiger partial charge in [0.05, 0.1) is 0 Å². The fourth-order valence-electron chi connectivity index (χ4n) is 1.95. The number of rotatable bonds is 3. The molecule has 3 rings (SSSR count). The second-order valence-corrected chi connectivity index (χ2v) is 6.22. The van der Waals surface area contributed by atoms with E-state index in [1.54, 1.807) is 11.3 Å². The van der Waals surface area contributed by atoms with Gasteiger partial charge in [-0.3, -0.25) is 0 Å². The van der Waals surface area contributed by atoms with Crippen LogP contribution in [-0.4, -0.2) is 0 Å². The van der Waals surface area contributed by atoms with Crippen LogP contribution in [0.25, 0.3) is 20.2 Å². The molecule has 0 amide bonds. The molecule has 1 aromatic carbocycles. The molecule has 0 bridgehead atoms. The Labute approximate surface area is 116 Å². The van der Waals surface area contributed by atoms with E-state index >= 15 is 0 Å². The highest BCUT2D eigenvalue weighted by Gasteiger charge is 2.05. The zero-order valence-electron chi connectivity index (χ0n) is 10.2. The lowest BCUT2D eigenvalue weighted by molar-refractivity contribution is 1.14. The van der Waals surface area contributed by atoms with Gasteiger partial charge in [-0.1, -0.05) is 37.3 Å². The van der Waals surface area contributed by atoms with E-state index in [4.69, 9.17) is 0 Å². The third-order valence-corrected chi connectivity index (χ3v) is 5.22. The van der Waals surface area contributed by atoms with Crippen molar-refractivity contribution in [3.63, 3.8) is 0 Å². The van der Waals surface area contributed by atoms with Gasteiger partial charge < -0.3 is 0 Å². The molecule has 18 heavy (non-hydrogen) atoms. The van der Waals surface area contributed by atoms with Gasteiger partial charge in [-0.2, -0.15) is 0 Å². The maximum Gasteiger partial charge on any atom is 0.0449 e. The molecule has 0 N–H and O–H groups in total. The van der Waals surface area contributed by atoms with Crippen molar-refractivity contribution in [2.75, 3.05) is 0 Å². The van der Waals surface area contributed by atoms with Gasteiger partial charge in [-0.15, -0.1) is 22.7 Å². The molecule has 90 valence electrons. The van der Waals surface area contributed by atoms with Crippen LogP contribution in [-0.2, 0) is 6.42 Å². The van der Waals surface area contributed by atoms with Crippen molar-refractivity contribution in [3.8, 4) is 20.2 Å². The summed E-state index contributed by atoms with van der Waals surface area (Å²) in [5.74, 6) is 0. The number of thiophene rings is 2. The molecule has 0 aliphatic heterocycles. The quantitative estimate of drug-likeness (QED) is 0.572. The standard InChI is InChI=1S/C16H14S2/c1-2-12-5-7-13(8-6-12)14-9-10-16(18-14)15-4-3-11-17-15/h3-11H,2H2,1H3. The molecular weight excluding hydrogens is 256 g/mol. The van der Waals surface area contributed by atoms with E-state index in [2.05, 4.69) is 60.8 Å². The molecule has 0 atom stereocenters. The van der Waals surface area contributed by atoms with Crippen LogP contribution in [0.3, 0.4) is 0 Å². The molecule has 2 heterocycles. The van der Waals surface area contributed by atoms with Crippen molar-refractivity contribution in [1.82, 2.24) is 0 Å². The Bertz CT molecular complexity index is 615. The van der Waals surface area contributed by atoms with Crippen LogP contribution in [0, 0.1) is 0 Å². The number of hydrogen-bond acceptors (Lipinski definition) is 2. The van der Waals surface area contributed by atoms with Gasteiger partial charge >= 0.3 is 0 Å². The van der Waals surface area contributed by atoms with Crippen LogP contribution in [0.4, 0.5) is 0 Å². The Hall–Kier alpha value is -1.38. The summed E-state index contributed by atoms with van der Waals surface area (Å²) in [5, 5.41) is 2.13. The first-order valence-electron chi connectivity index (χ1n) is 6.10. The van der Waals surface area contributed by atoms with Gasteiger partial charge in [0.2, 0.25) is 0 Å². The summed E-state index contributed by atoms with van der Waals surface area (Å²) >= 11 is 3.67. The molecule has 0 saturated heterocycles. The first kappa shape index (κ1) is 11.7. The van der Waals surface area contributed by atoms with Crippen molar-refractivity contribution in [3.05, 3.63) is 59.5 Å². The number of aryl methyl sites for hydroxylation is 1. The largest absolute Gasteiger partial charge is 0.143 e. The van der Waals surface area contributed by atoms with E-state index in [-0.39, 0.29) is 0 Å². The summed E-state index contributed by atoms with van der Waals surface area (Å²) in [6, 6.07) is 17.6. The maximum atomic E-state index is 2.23. The predicted molar refractivity (Wildman–Crippen MR) is 82.4 cm³/mol. The van der Waals surface area contributed by atoms with Crippen molar-refractivity contribution in [2.24, 2.45) is 0 Å². The number of benzene rings is 1. The predicted octanol–water partition coefficient (Wildman–Crippen LogP) is 5.71. The minimum absolute atomic E-state index is 1.10. The van der Waals surface area contributed by atoms with Crippen molar-refractivity contribution < 1.29 is 0 Å². The molecule has 0 fully saturated rings. The highest BCUT2D eigenvalue weighted by Crippen LogP contribution is 2.36. The van der Waals surface area contributed by atoms with Crippen LogP contribution in [0.1, 0.15) is 12.5 Å². The van der Waals surface area contributed by atoms with E-state index in [1.165, 1.54) is 25.8 Å². The van der Waals surface area contributed by atoms with Gasteiger partial charge in [0.15, 0.2) is 0 Å². The van der Waals surface area contributed by atoms with Gasteiger partial charge in [0.1, 0.15) is 0 Å². The SMILES string of the molecule is CCc1ccc(-c2ccc(-c3cccs3)s2)cc1. The van der Waals surface area contributed by atoms with Crippen LogP contribution < -0.4 is 0 Å². The molecule has 0 aliphatic carbocycles. The minimum atomic E-state index is 1.10. The summed E-state index contributed by atoms with van der Waals surface area (Å²) in [4.78, 5) is 4.07. The van der Waals surface area contributed by atoms with Crippen LogP contribution in [0.2, 0.25) is 0 Å². The lowest BCUT2D eigenvalue weighted by Crippen LogP contribution is -1.78. The van der Waals surface area contributed by atoms with Crippen LogP contribution >= 0.6 is 22.7 Å². The fourth-order valence-corrected chi connectivity index (χ4v) is 3.80. The normalized spacial score (nSPS) is 10.7. The van der Waals surface area contributed by atoms with Gasteiger partial charge in [0, 0.05) is 14.6 Å². The Morgan fingerprint density at radius 3 is 2.28 bits per heavy atom. The van der Waals surface area contributed by atoms with Crippen molar-refractivity contribution in [1.29, 1.82) is 0 Å². The average Bonchev–Trinajstić information content (AvgIpc) is 3.09. The summed E-state index contributed by atoms with van der Waals surface area (Å²) in [7, 11) is 0. The van der Waals surface area contributed by atoms with Crippen molar-refractivity contribution >= 4 is 22.7 Å². The maximum absolute atomic E-state index is 2.23. The van der Waals surface area contributed by atoms with E-state index in [0.29, 0.717) is 0 Å². The highest BCUT2D eigenvalue weighted by molar-refractivity contribution is 7.23. The zero-order valence-corrected chi connectivity index (χ0v) is 11.9. The van der Waals surface area contributed by atoms with Gasteiger partial charge in [0.25, 0.3) is 0 Å². The smallest absolute Gasteiger partial charge is 0.0449 e. The Balaban J connectivity index is 1.92. The topological polar surface area (TPSA) is 0 Å². The first-order valence-corrected chi connectivity index (χ1v) is 7.79. The molecule has 0 unspecified atom stereocenters. The van der Waals surface area contributed by atoms with Gasteiger partial charge in [-0.25, -0.2) is 0 Å². The summed E-state index contributed by atoms with van der Waals surface area (Å²) in [6.45, 7) is 2.19. The Kier molecular flexibility index (Phi) is 3.31. The molecule has 0 aliphatic rings. The van der Waals surface area contributed by atoms with Crippen LogP contribution in [0.5, 0.6) is 0 Å². The Morgan fingerprint density at radius 1 is 0.833 bits per heavy atom. The second kappa shape index (κ2) is 5.09. The van der Waals surface area contributed by atoms with Gasteiger partial charge in [-0.05, 0) is 41.1 Å². The van der Waals surface area contributed by atoms with Crippen molar-refractivity contribution in [2.45, 2.75) is 13.3 Å². The summed E-state index contributed by atoms with van der Waals surface area (Å²) < 4.78 is 0. The molecular formula is C16H14S2. The molecule has 3 aromatic rings. The average molecular weight is 270 g/mol. The van der Waals surface area contributed by atoms with E-state index in [1.807, 2.05) is 11.3 Å². The Morgan fingerprint density at radius 2 is 1.61 bits per heavy atom. The van der Waals surface area contributed by atoms with E-state index in [0.717, 1.165) is 6.42 Å². The number of hydrogen-bond donors (Lipinski definition) is 0. The fraction of sp³-hybridized carbons (Fsp3) is 0.125. The third-order valence-electron chi connectivity index (χ3n) is 3.02. The van der Waals surface area contributed by atoms with E-state index in [9.17, 15) is 0 Å². The molecule has 2 heteroatoms.